The maximum atomic E-state index is 9.18. The molecule has 10 nitrogen and oxygen atoms in total. The van der Waals surface area contributed by atoms with E-state index in [1.807, 2.05) is 6.92 Å². The summed E-state index contributed by atoms with van der Waals surface area (Å²) in [5, 5.41) is 10.5. The fourth-order valence-electron chi connectivity index (χ4n) is 2.91. The molecule has 30 heavy (non-hydrogen) atoms. The van der Waals surface area contributed by atoms with Crippen molar-refractivity contribution in [2.45, 2.75) is 32.9 Å². The minimum absolute atomic E-state index is 0.0285. The zero-order valence-corrected chi connectivity index (χ0v) is 16.9. The lowest BCUT2D eigenvalue weighted by atomic mass is 10.2. The monoisotopic (exact) mass is 413 g/mol. The second kappa shape index (κ2) is 10.0. The van der Waals surface area contributed by atoms with Crippen LogP contribution in [0.4, 0.5) is 17.5 Å². The molecule has 0 radical (unpaired) electrons. The predicted octanol–water partition coefficient (Wildman–Crippen LogP) is 1.77. The Morgan fingerprint density at radius 2 is 1.77 bits per heavy atom. The van der Waals surface area contributed by atoms with E-state index in [0.29, 0.717) is 22.8 Å². The maximum absolute atomic E-state index is 9.18. The molecule has 7 N–H and O–H groups in total. The summed E-state index contributed by atoms with van der Waals surface area (Å²) in [6, 6.07) is 8.85. The van der Waals surface area contributed by atoms with Gasteiger partial charge in [0.2, 0.25) is 5.95 Å². The number of aliphatic hydroxyl groups excluding tert-OH is 1. The number of aryl methyl sites for hydroxylation is 1. The molecule has 0 spiro atoms. The lowest BCUT2D eigenvalue weighted by molar-refractivity contribution is 0.198. The highest BCUT2D eigenvalue weighted by Crippen LogP contribution is 2.32. The number of ether oxygens (including phenoxy) is 1. The molecule has 4 rings (SSSR count). The highest BCUT2D eigenvalue weighted by molar-refractivity contribution is 5.79. The van der Waals surface area contributed by atoms with Gasteiger partial charge in [0, 0.05) is 13.2 Å². The zero-order chi connectivity index (χ0) is 21.5. The van der Waals surface area contributed by atoms with E-state index < -0.39 is 0 Å². The second-order valence-electron chi connectivity index (χ2n) is 6.80. The molecule has 1 saturated heterocycles. The lowest BCUT2D eigenvalue weighted by Crippen LogP contribution is -2.32. The fourth-order valence-corrected chi connectivity index (χ4v) is 2.91. The van der Waals surface area contributed by atoms with E-state index in [1.165, 1.54) is 17.9 Å². The zero-order valence-electron chi connectivity index (χ0n) is 16.9. The van der Waals surface area contributed by atoms with Gasteiger partial charge in [-0.05, 0) is 44.0 Å². The van der Waals surface area contributed by atoms with Gasteiger partial charge < -0.3 is 25.7 Å². The number of nitrogens with two attached hydrogens (primary N) is 3. The predicted molar refractivity (Wildman–Crippen MR) is 114 cm³/mol. The van der Waals surface area contributed by atoms with Crippen LogP contribution in [0.15, 0.2) is 34.7 Å². The Morgan fingerprint density at radius 1 is 1.03 bits per heavy atom. The number of hydrogen-bond donors (Lipinski definition) is 4. The van der Waals surface area contributed by atoms with Gasteiger partial charge in [-0.1, -0.05) is 6.07 Å². The number of rotatable bonds is 5. The van der Waals surface area contributed by atoms with Crippen LogP contribution in [-0.4, -0.2) is 33.3 Å². The SMILES string of the molecule is C1CCOC1.Cc1ccc(-c2nc(N)nc(N(N)Cc3cccc(CO)n3)c2N)o1. The van der Waals surface area contributed by atoms with Crippen LogP contribution in [0.2, 0.25) is 0 Å². The summed E-state index contributed by atoms with van der Waals surface area (Å²) in [7, 11) is 0. The number of aliphatic hydroxyl groups is 1. The molecule has 1 aliphatic heterocycles. The number of aromatic nitrogens is 3. The van der Waals surface area contributed by atoms with E-state index in [9.17, 15) is 5.11 Å². The largest absolute Gasteiger partial charge is 0.460 e. The van der Waals surface area contributed by atoms with E-state index in [0.717, 1.165) is 19.0 Å². The summed E-state index contributed by atoms with van der Waals surface area (Å²) in [6.07, 6.45) is 2.56. The minimum atomic E-state index is -0.150. The molecular weight excluding hydrogens is 386 g/mol. The van der Waals surface area contributed by atoms with Crippen molar-refractivity contribution >= 4 is 17.5 Å². The van der Waals surface area contributed by atoms with Crippen molar-refractivity contribution in [2.24, 2.45) is 5.84 Å². The van der Waals surface area contributed by atoms with Crippen molar-refractivity contribution in [2.75, 3.05) is 29.7 Å². The quantitative estimate of drug-likeness (QED) is 0.358. The second-order valence-corrected chi connectivity index (χ2v) is 6.80. The third-order valence-corrected chi connectivity index (χ3v) is 4.37. The normalized spacial score (nSPS) is 13.0. The molecule has 0 aliphatic carbocycles. The van der Waals surface area contributed by atoms with Gasteiger partial charge in [-0.2, -0.15) is 4.98 Å². The Labute approximate surface area is 174 Å². The maximum Gasteiger partial charge on any atom is 0.222 e. The Bertz CT molecular complexity index is 965. The average Bonchev–Trinajstić information content (AvgIpc) is 3.44. The van der Waals surface area contributed by atoms with Crippen LogP contribution in [0.3, 0.4) is 0 Å². The number of anilines is 3. The highest BCUT2D eigenvalue weighted by atomic mass is 16.5. The molecule has 0 amide bonds. The fraction of sp³-hybridized carbons (Fsp3) is 0.350. The van der Waals surface area contributed by atoms with Gasteiger partial charge in [0.05, 0.1) is 24.5 Å². The number of furan rings is 1. The summed E-state index contributed by atoms with van der Waals surface area (Å²) in [4.78, 5) is 12.6. The first-order valence-electron chi connectivity index (χ1n) is 9.63. The van der Waals surface area contributed by atoms with Gasteiger partial charge in [0.25, 0.3) is 0 Å². The van der Waals surface area contributed by atoms with E-state index >= 15 is 0 Å². The lowest BCUT2D eigenvalue weighted by Gasteiger charge is -2.20. The first-order chi connectivity index (χ1) is 14.5. The number of nitrogens with zero attached hydrogens (tertiary/aromatic N) is 4. The Kier molecular flexibility index (Phi) is 7.17. The van der Waals surface area contributed by atoms with Crippen molar-refractivity contribution in [1.29, 1.82) is 0 Å². The van der Waals surface area contributed by atoms with E-state index in [4.69, 9.17) is 26.5 Å². The van der Waals surface area contributed by atoms with E-state index in [-0.39, 0.29) is 30.6 Å². The molecule has 1 aliphatic rings. The van der Waals surface area contributed by atoms with Crippen molar-refractivity contribution in [1.82, 2.24) is 15.0 Å². The summed E-state index contributed by atoms with van der Waals surface area (Å²) < 4.78 is 10.5. The average molecular weight is 413 g/mol. The molecule has 160 valence electrons. The highest BCUT2D eigenvalue weighted by Gasteiger charge is 2.18. The van der Waals surface area contributed by atoms with Gasteiger partial charge in [-0.25, -0.2) is 10.8 Å². The summed E-state index contributed by atoms with van der Waals surface area (Å²) in [5.74, 6) is 7.62. The molecule has 0 bridgehead atoms. The van der Waals surface area contributed by atoms with Crippen molar-refractivity contribution < 1.29 is 14.3 Å². The number of hydrazine groups is 1. The third kappa shape index (κ3) is 5.44. The van der Waals surface area contributed by atoms with E-state index in [1.54, 1.807) is 30.3 Å². The Hall–Kier alpha value is -3.21. The molecule has 3 aromatic rings. The molecule has 3 aromatic heterocycles. The molecule has 1 fully saturated rings. The molecule has 0 aromatic carbocycles. The van der Waals surface area contributed by atoms with Crippen LogP contribution in [0.25, 0.3) is 11.5 Å². The topological polar surface area (TPSA) is 163 Å². The number of nitrogen functional groups attached to an aromatic ring is 2. The molecule has 0 atom stereocenters. The van der Waals surface area contributed by atoms with Crippen LogP contribution in [-0.2, 0) is 17.9 Å². The van der Waals surface area contributed by atoms with Gasteiger partial charge in [-0.3, -0.25) is 9.99 Å². The molecule has 0 unspecified atom stereocenters. The van der Waals surface area contributed by atoms with Crippen molar-refractivity contribution in [3.8, 4) is 11.5 Å². The number of pyridine rings is 1. The molecule has 4 heterocycles. The van der Waals surface area contributed by atoms with Crippen LogP contribution in [0.1, 0.15) is 30.0 Å². The van der Waals surface area contributed by atoms with Gasteiger partial charge >= 0.3 is 0 Å². The first-order valence-corrected chi connectivity index (χ1v) is 9.63. The van der Waals surface area contributed by atoms with Crippen LogP contribution < -0.4 is 22.3 Å². The van der Waals surface area contributed by atoms with Crippen LogP contribution in [0, 0.1) is 6.92 Å². The van der Waals surface area contributed by atoms with Crippen molar-refractivity contribution in [3.05, 3.63) is 47.5 Å². The molecule has 0 saturated carbocycles. The van der Waals surface area contributed by atoms with Crippen LogP contribution >= 0.6 is 0 Å². The number of hydrogen-bond acceptors (Lipinski definition) is 10. The molecule has 10 heteroatoms. The van der Waals surface area contributed by atoms with Gasteiger partial charge in [0.15, 0.2) is 11.6 Å². The third-order valence-electron chi connectivity index (χ3n) is 4.37. The Morgan fingerprint density at radius 3 is 2.37 bits per heavy atom. The summed E-state index contributed by atoms with van der Waals surface area (Å²) in [5.41, 5.74) is 13.8. The van der Waals surface area contributed by atoms with E-state index in [2.05, 4.69) is 15.0 Å². The Balaban J connectivity index is 0.000000448. The summed E-state index contributed by atoms with van der Waals surface area (Å²) >= 11 is 0. The van der Waals surface area contributed by atoms with Gasteiger partial charge in [0.1, 0.15) is 17.1 Å². The van der Waals surface area contributed by atoms with Gasteiger partial charge in [-0.15, -0.1) is 0 Å². The smallest absolute Gasteiger partial charge is 0.222 e. The summed E-state index contributed by atoms with van der Waals surface area (Å²) in [6.45, 7) is 3.90. The van der Waals surface area contributed by atoms with Crippen LogP contribution in [0.5, 0.6) is 0 Å². The van der Waals surface area contributed by atoms with Crippen molar-refractivity contribution in [3.63, 3.8) is 0 Å². The molecular formula is C20H27N7O3. The first kappa shape index (κ1) is 21.5. The minimum Gasteiger partial charge on any atom is -0.460 e. The standard InChI is InChI=1S/C16H19N7O2.C4H8O/c1-9-5-6-12(25-9)14-13(17)15(22-16(18)21-14)23(19)7-10-3-2-4-11(8-24)20-10;1-2-4-5-3-1/h2-6,24H,7-8,17,19H2,1H3,(H2,18,21,22);1-4H2.